The Morgan fingerprint density at radius 3 is 2.44 bits per heavy atom. The van der Waals surface area contributed by atoms with E-state index in [1.807, 2.05) is 6.19 Å². The molecule has 18 heavy (non-hydrogen) atoms. The first kappa shape index (κ1) is 12.6. The van der Waals surface area contributed by atoms with Crippen molar-refractivity contribution < 1.29 is 8.42 Å². The summed E-state index contributed by atoms with van der Waals surface area (Å²) in [5, 5.41) is 9.71. The Labute approximate surface area is 106 Å². The Morgan fingerprint density at radius 1 is 1.28 bits per heavy atom. The van der Waals surface area contributed by atoms with Gasteiger partial charge in [0.25, 0.3) is 0 Å². The molecule has 0 fully saturated rings. The molecule has 5 nitrogen and oxygen atoms in total. The van der Waals surface area contributed by atoms with Crippen LogP contribution in [0.1, 0.15) is 5.69 Å². The van der Waals surface area contributed by atoms with E-state index in [0.717, 1.165) is 4.31 Å². The zero-order chi connectivity index (χ0) is 13.5. The van der Waals surface area contributed by atoms with Crippen molar-refractivity contribution in [3.05, 3.63) is 30.0 Å². The van der Waals surface area contributed by atoms with E-state index in [-0.39, 0.29) is 4.90 Å². The molecule has 0 bridgehead atoms. The van der Waals surface area contributed by atoms with Crippen molar-refractivity contribution in [2.75, 3.05) is 14.1 Å². The second-order valence-electron chi connectivity index (χ2n) is 4.15. The van der Waals surface area contributed by atoms with Gasteiger partial charge in [-0.05, 0) is 13.0 Å². The van der Waals surface area contributed by atoms with Crippen LogP contribution < -0.4 is 0 Å². The first-order chi connectivity index (χ1) is 8.41. The normalized spacial score (nSPS) is 11.9. The molecule has 6 heteroatoms. The Bertz CT molecular complexity index is 751. The second kappa shape index (κ2) is 4.12. The molecule has 2 aromatic rings. The molecule has 0 amide bonds. The first-order valence-corrected chi connectivity index (χ1v) is 6.78. The molecule has 94 valence electrons. The molecule has 1 heterocycles. The largest absolute Gasteiger partial charge is 0.250 e. The van der Waals surface area contributed by atoms with E-state index < -0.39 is 10.0 Å². The lowest BCUT2D eigenvalue weighted by Crippen LogP contribution is -2.22. The highest BCUT2D eigenvalue weighted by molar-refractivity contribution is 7.89. The van der Waals surface area contributed by atoms with Gasteiger partial charge in [-0.3, -0.25) is 4.57 Å². The third-order valence-electron chi connectivity index (χ3n) is 2.89. The number of sulfonamides is 1. The van der Waals surface area contributed by atoms with Crippen LogP contribution in [0.25, 0.3) is 10.9 Å². The average Bonchev–Trinajstić information content (AvgIpc) is 2.60. The Morgan fingerprint density at radius 2 is 1.89 bits per heavy atom. The lowest BCUT2D eigenvalue weighted by molar-refractivity contribution is 0.521. The molecule has 0 unspecified atom stereocenters. The predicted octanol–water partition coefficient (Wildman–Crippen LogP) is 1.53. The number of fused-ring (bicyclic) bond motifs is 1. The number of rotatable bonds is 2. The standard InChI is InChI=1S/C12H13N3O2S/c1-9-12(18(16,17)14(2)3)10-6-4-5-7-11(10)15(9)8-13/h4-7H,1-3H3. The van der Waals surface area contributed by atoms with Gasteiger partial charge in [-0.1, -0.05) is 18.2 Å². The van der Waals surface area contributed by atoms with Crippen molar-refractivity contribution in [3.8, 4) is 6.19 Å². The molecule has 0 saturated carbocycles. The fourth-order valence-corrected chi connectivity index (χ4v) is 3.26. The maximum Gasteiger partial charge on any atom is 0.245 e. The fourth-order valence-electron chi connectivity index (χ4n) is 1.97. The summed E-state index contributed by atoms with van der Waals surface area (Å²) in [6.07, 6.45) is 2.00. The summed E-state index contributed by atoms with van der Waals surface area (Å²) < 4.78 is 27.1. The SMILES string of the molecule is Cc1c(S(=O)(=O)N(C)C)c2ccccc2n1C#N. The van der Waals surface area contributed by atoms with Crippen molar-refractivity contribution in [1.29, 1.82) is 5.26 Å². The van der Waals surface area contributed by atoms with E-state index in [0.29, 0.717) is 16.6 Å². The molecule has 2 rings (SSSR count). The minimum Gasteiger partial charge on any atom is -0.250 e. The number of para-hydroxylation sites is 1. The maximum atomic E-state index is 12.3. The van der Waals surface area contributed by atoms with Crippen LogP contribution in [0.15, 0.2) is 29.2 Å². The summed E-state index contributed by atoms with van der Waals surface area (Å²) in [7, 11) is -0.603. The quantitative estimate of drug-likeness (QED) is 0.825. The molecule has 0 aliphatic rings. The van der Waals surface area contributed by atoms with Crippen LogP contribution in [-0.4, -0.2) is 31.4 Å². The fraction of sp³-hybridized carbons (Fsp3) is 0.250. The van der Waals surface area contributed by atoms with Gasteiger partial charge in [-0.25, -0.2) is 12.7 Å². The van der Waals surface area contributed by atoms with E-state index in [1.54, 1.807) is 31.2 Å². The van der Waals surface area contributed by atoms with Gasteiger partial charge in [-0.2, -0.15) is 5.26 Å². The van der Waals surface area contributed by atoms with Crippen molar-refractivity contribution in [1.82, 2.24) is 8.87 Å². The van der Waals surface area contributed by atoms with Gasteiger partial charge in [0.1, 0.15) is 4.90 Å². The molecule has 0 radical (unpaired) electrons. The van der Waals surface area contributed by atoms with Crippen molar-refractivity contribution in [2.45, 2.75) is 11.8 Å². The second-order valence-corrected chi connectivity index (χ2v) is 6.24. The zero-order valence-corrected chi connectivity index (χ0v) is 11.2. The average molecular weight is 263 g/mol. The van der Waals surface area contributed by atoms with Gasteiger partial charge < -0.3 is 0 Å². The van der Waals surface area contributed by atoms with Gasteiger partial charge in [0.15, 0.2) is 6.19 Å². The van der Waals surface area contributed by atoms with Crippen molar-refractivity contribution in [3.63, 3.8) is 0 Å². The molecule has 1 aromatic heterocycles. The molecule has 0 spiro atoms. The number of hydrogen-bond donors (Lipinski definition) is 0. The lowest BCUT2D eigenvalue weighted by Gasteiger charge is -2.11. The summed E-state index contributed by atoms with van der Waals surface area (Å²) >= 11 is 0. The summed E-state index contributed by atoms with van der Waals surface area (Å²) in [4.78, 5) is 0.199. The van der Waals surface area contributed by atoms with E-state index >= 15 is 0 Å². The Kier molecular flexibility index (Phi) is 2.89. The number of nitrogens with zero attached hydrogens (tertiary/aromatic N) is 3. The predicted molar refractivity (Wildman–Crippen MR) is 68.6 cm³/mol. The summed E-state index contributed by atoms with van der Waals surface area (Å²) in [6, 6.07) is 6.99. The maximum absolute atomic E-state index is 12.3. The monoisotopic (exact) mass is 263 g/mol. The zero-order valence-electron chi connectivity index (χ0n) is 10.4. The van der Waals surface area contributed by atoms with Crippen molar-refractivity contribution in [2.24, 2.45) is 0 Å². The van der Waals surface area contributed by atoms with Gasteiger partial charge >= 0.3 is 0 Å². The van der Waals surface area contributed by atoms with Gasteiger partial charge in [0.2, 0.25) is 10.0 Å². The van der Waals surface area contributed by atoms with E-state index in [2.05, 4.69) is 0 Å². The highest BCUT2D eigenvalue weighted by Crippen LogP contribution is 2.30. The summed E-state index contributed by atoms with van der Waals surface area (Å²) in [6.45, 7) is 1.64. The van der Waals surface area contributed by atoms with Crippen LogP contribution in [0, 0.1) is 18.4 Å². The lowest BCUT2D eigenvalue weighted by atomic mass is 10.2. The number of hydrogen-bond acceptors (Lipinski definition) is 3. The van der Waals surface area contributed by atoms with Crippen LogP contribution in [-0.2, 0) is 10.0 Å². The van der Waals surface area contributed by atoms with E-state index in [4.69, 9.17) is 5.26 Å². The third-order valence-corrected chi connectivity index (χ3v) is 4.88. The molecular formula is C12H13N3O2S. The van der Waals surface area contributed by atoms with Crippen LogP contribution >= 0.6 is 0 Å². The molecular weight excluding hydrogens is 250 g/mol. The molecule has 0 atom stereocenters. The Balaban J connectivity index is 2.98. The molecule has 1 aromatic carbocycles. The van der Waals surface area contributed by atoms with Crippen LogP contribution in [0.5, 0.6) is 0 Å². The topological polar surface area (TPSA) is 66.1 Å². The highest BCUT2D eigenvalue weighted by Gasteiger charge is 2.26. The minimum absolute atomic E-state index is 0.199. The van der Waals surface area contributed by atoms with Gasteiger partial charge in [0, 0.05) is 19.5 Å². The molecule has 0 saturated heterocycles. The number of nitriles is 1. The first-order valence-electron chi connectivity index (χ1n) is 5.34. The number of aromatic nitrogens is 1. The van der Waals surface area contributed by atoms with Crippen LogP contribution in [0.3, 0.4) is 0 Å². The Hall–Kier alpha value is -1.84. The molecule has 0 N–H and O–H groups in total. The minimum atomic E-state index is -3.56. The van der Waals surface area contributed by atoms with Crippen molar-refractivity contribution >= 4 is 20.9 Å². The smallest absolute Gasteiger partial charge is 0.245 e. The van der Waals surface area contributed by atoms with Gasteiger partial charge in [0.05, 0.1) is 11.2 Å². The highest BCUT2D eigenvalue weighted by atomic mass is 32.2. The third kappa shape index (κ3) is 1.60. The van der Waals surface area contributed by atoms with Crippen LogP contribution in [0.2, 0.25) is 0 Å². The summed E-state index contributed by atoms with van der Waals surface area (Å²) in [5.74, 6) is 0. The van der Waals surface area contributed by atoms with E-state index in [9.17, 15) is 8.42 Å². The van der Waals surface area contributed by atoms with Crippen LogP contribution in [0.4, 0.5) is 0 Å². The van der Waals surface area contributed by atoms with Gasteiger partial charge in [-0.15, -0.1) is 0 Å². The number of benzene rings is 1. The molecule has 0 aliphatic heterocycles. The summed E-state index contributed by atoms with van der Waals surface area (Å²) in [5.41, 5.74) is 1.05. The molecule has 0 aliphatic carbocycles. The van der Waals surface area contributed by atoms with E-state index in [1.165, 1.54) is 18.7 Å².